The van der Waals surface area contributed by atoms with Gasteiger partial charge < -0.3 is 20.1 Å². The van der Waals surface area contributed by atoms with Crippen LogP contribution >= 0.6 is 0 Å². The molecule has 0 aliphatic carbocycles. The number of nitrogens with two attached hydrogens (primary N) is 1. The second-order valence-electron chi connectivity index (χ2n) is 4.52. The standard InChI is InChI=1S/C14H24N2O2/c1-16(2)12(6-5-9-15)11-7-8-13(17-3)14(10-11)18-4/h7-8,10,12H,5-6,9,15H2,1-4H3. The van der Waals surface area contributed by atoms with E-state index in [0.717, 1.165) is 30.9 Å². The number of rotatable bonds is 7. The zero-order chi connectivity index (χ0) is 13.5. The fourth-order valence-electron chi connectivity index (χ4n) is 2.09. The second-order valence-corrected chi connectivity index (χ2v) is 4.52. The van der Waals surface area contributed by atoms with Crippen LogP contribution in [0.4, 0.5) is 0 Å². The fraction of sp³-hybridized carbons (Fsp3) is 0.571. The van der Waals surface area contributed by atoms with Gasteiger partial charge in [-0.15, -0.1) is 0 Å². The van der Waals surface area contributed by atoms with Gasteiger partial charge in [-0.05, 0) is 51.2 Å². The molecule has 1 atom stereocenters. The number of nitrogens with zero attached hydrogens (tertiary/aromatic N) is 1. The molecule has 0 aliphatic heterocycles. The van der Waals surface area contributed by atoms with Crippen LogP contribution in [0.5, 0.6) is 11.5 Å². The first-order chi connectivity index (χ1) is 8.63. The Bertz CT molecular complexity index is 367. The molecule has 2 N–H and O–H groups in total. The Balaban J connectivity index is 2.97. The van der Waals surface area contributed by atoms with Gasteiger partial charge in [0.15, 0.2) is 11.5 Å². The Morgan fingerprint density at radius 1 is 1.17 bits per heavy atom. The lowest BCUT2D eigenvalue weighted by Crippen LogP contribution is -2.21. The van der Waals surface area contributed by atoms with Gasteiger partial charge in [0.1, 0.15) is 0 Å². The van der Waals surface area contributed by atoms with Crippen LogP contribution in [-0.2, 0) is 0 Å². The third-order valence-electron chi connectivity index (χ3n) is 3.10. The van der Waals surface area contributed by atoms with Crippen molar-refractivity contribution in [3.05, 3.63) is 23.8 Å². The summed E-state index contributed by atoms with van der Waals surface area (Å²) in [5, 5.41) is 0. The molecule has 1 rings (SSSR count). The van der Waals surface area contributed by atoms with E-state index in [4.69, 9.17) is 15.2 Å². The van der Waals surface area contributed by atoms with E-state index in [1.807, 2.05) is 12.1 Å². The Morgan fingerprint density at radius 3 is 2.33 bits per heavy atom. The predicted molar refractivity (Wildman–Crippen MR) is 74.3 cm³/mol. The number of benzene rings is 1. The molecule has 4 heteroatoms. The Hall–Kier alpha value is -1.26. The molecule has 0 aliphatic rings. The molecule has 0 heterocycles. The van der Waals surface area contributed by atoms with Crippen molar-refractivity contribution in [2.24, 2.45) is 5.73 Å². The lowest BCUT2D eigenvalue weighted by atomic mass is 10.0. The first kappa shape index (κ1) is 14.8. The first-order valence-corrected chi connectivity index (χ1v) is 6.22. The third kappa shape index (κ3) is 3.62. The summed E-state index contributed by atoms with van der Waals surface area (Å²) >= 11 is 0. The lowest BCUT2D eigenvalue weighted by Gasteiger charge is -2.25. The number of methoxy groups -OCH3 is 2. The fourth-order valence-corrected chi connectivity index (χ4v) is 2.09. The minimum Gasteiger partial charge on any atom is -0.493 e. The molecular weight excluding hydrogens is 228 g/mol. The molecule has 18 heavy (non-hydrogen) atoms. The average Bonchev–Trinajstić information content (AvgIpc) is 2.38. The van der Waals surface area contributed by atoms with Crippen molar-refractivity contribution in [1.29, 1.82) is 0 Å². The molecule has 0 radical (unpaired) electrons. The molecule has 0 aromatic heterocycles. The highest BCUT2D eigenvalue weighted by Crippen LogP contribution is 2.32. The highest BCUT2D eigenvalue weighted by molar-refractivity contribution is 5.43. The molecule has 102 valence electrons. The topological polar surface area (TPSA) is 47.7 Å². The summed E-state index contributed by atoms with van der Waals surface area (Å²) in [5.41, 5.74) is 6.82. The minimum absolute atomic E-state index is 0.355. The largest absolute Gasteiger partial charge is 0.493 e. The summed E-state index contributed by atoms with van der Waals surface area (Å²) in [5.74, 6) is 1.53. The van der Waals surface area contributed by atoms with Crippen molar-refractivity contribution in [2.75, 3.05) is 34.9 Å². The van der Waals surface area contributed by atoms with Gasteiger partial charge >= 0.3 is 0 Å². The minimum atomic E-state index is 0.355. The van der Waals surface area contributed by atoms with E-state index in [0.29, 0.717) is 6.04 Å². The van der Waals surface area contributed by atoms with E-state index >= 15 is 0 Å². The van der Waals surface area contributed by atoms with Crippen molar-refractivity contribution < 1.29 is 9.47 Å². The summed E-state index contributed by atoms with van der Waals surface area (Å²) in [6.07, 6.45) is 2.05. The molecule has 1 aromatic rings. The van der Waals surface area contributed by atoms with Gasteiger partial charge in [0.25, 0.3) is 0 Å². The summed E-state index contributed by atoms with van der Waals surface area (Å²) in [4.78, 5) is 2.21. The molecule has 0 fully saturated rings. The van der Waals surface area contributed by atoms with Crippen LogP contribution in [0.1, 0.15) is 24.4 Å². The van der Waals surface area contributed by atoms with Crippen molar-refractivity contribution in [2.45, 2.75) is 18.9 Å². The van der Waals surface area contributed by atoms with Crippen LogP contribution < -0.4 is 15.2 Å². The predicted octanol–water partition coefficient (Wildman–Crippen LogP) is 2.05. The molecular formula is C14H24N2O2. The van der Waals surface area contributed by atoms with Gasteiger partial charge in [0.2, 0.25) is 0 Å². The maximum Gasteiger partial charge on any atom is 0.161 e. The lowest BCUT2D eigenvalue weighted by molar-refractivity contribution is 0.278. The van der Waals surface area contributed by atoms with Crippen molar-refractivity contribution in [3.8, 4) is 11.5 Å². The van der Waals surface area contributed by atoms with E-state index in [1.165, 1.54) is 5.56 Å². The highest BCUT2D eigenvalue weighted by Gasteiger charge is 2.15. The third-order valence-corrected chi connectivity index (χ3v) is 3.10. The maximum absolute atomic E-state index is 5.59. The zero-order valence-corrected chi connectivity index (χ0v) is 11.8. The van der Waals surface area contributed by atoms with Crippen LogP contribution in [0, 0.1) is 0 Å². The van der Waals surface area contributed by atoms with Crippen molar-refractivity contribution in [1.82, 2.24) is 4.90 Å². The van der Waals surface area contributed by atoms with Crippen LogP contribution in [0.3, 0.4) is 0 Å². The number of ether oxygens (including phenoxy) is 2. The summed E-state index contributed by atoms with van der Waals surface area (Å²) in [6.45, 7) is 0.720. The second kappa shape index (κ2) is 7.24. The summed E-state index contributed by atoms with van der Waals surface area (Å²) < 4.78 is 10.6. The van der Waals surface area contributed by atoms with Gasteiger partial charge in [-0.1, -0.05) is 6.07 Å². The molecule has 1 unspecified atom stereocenters. The van der Waals surface area contributed by atoms with Gasteiger partial charge in [-0.25, -0.2) is 0 Å². The summed E-state index contributed by atoms with van der Waals surface area (Å²) in [7, 11) is 7.47. The maximum atomic E-state index is 5.59. The van der Waals surface area contributed by atoms with E-state index < -0.39 is 0 Å². The first-order valence-electron chi connectivity index (χ1n) is 6.22. The van der Waals surface area contributed by atoms with Crippen LogP contribution in [0.15, 0.2) is 18.2 Å². The van der Waals surface area contributed by atoms with E-state index in [1.54, 1.807) is 14.2 Å². The molecule has 0 saturated carbocycles. The highest BCUT2D eigenvalue weighted by atomic mass is 16.5. The van der Waals surface area contributed by atoms with E-state index in [2.05, 4.69) is 25.1 Å². The Morgan fingerprint density at radius 2 is 1.83 bits per heavy atom. The van der Waals surface area contributed by atoms with Gasteiger partial charge in [0.05, 0.1) is 14.2 Å². The van der Waals surface area contributed by atoms with Gasteiger partial charge in [-0.3, -0.25) is 0 Å². The average molecular weight is 252 g/mol. The molecule has 0 amide bonds. The molecule has 0 bridgehead atoms. The number of hydrogen-bond donors (Lipinski definition) is 1. The molecule has 1 aromatic carbocycles. The number of hydrogen-bond acceptors (Lipinski definition) is 4. The smallest absolute Gasteiger partial charge is 0.161 e. The van der Waals surface area contributed by atoms with E-state index in [-0.39, 0.29) is 0 Å². The Kier molecular flexibility index (Phi) is 5.95. The molecule has 0 saturated heterocycles. The van der Waals surface area contributed by atoms with Crippen molar-refractivity contribution >= 4 is 0 Å². The molecule has 0 spiro atoms. The van der Waals surface area contributed by atoms with Crippen LogP contribution in [-0.4, -0.2) is 39.8 Å². The van der Waals surface area contributed by atoms with Gasteiger partial charge in [0, 0.05) is 6.04 Å². The monoisotopic (exact) mass is 252 g/mol. The molecule has 4 nitrogen and oxygen atoms in total. The van der Waals surface area contributed by atoms with Gasteiger partial charge in [-0.2, -0.15) is 0 Å². The zero-order valence-electron chi connectivity index (χ0n) is 11.8. The quantitative estimate of drug-likeness (QED) is 0.807. The van der Waals surface area contributed by atoms with Crippen LogP contribution in [0.2, 0.25) is 0 Å². The normalized spacial score (nSPS) is 12.6. The van der Waals surface area contributed by atoms with Crippen molar-refractivity contribution in [3.63, 3.8) is 0 Å². The van der Waals surface area contributed by atoms with E-state index in [9.17, 15) is 0 Å². The SMILES string of the molecule is COc1ccc(C(CCCN)N(C)C)cc1OC. The summed E-state index contributed by atoms with van der Waals surface area (Å²) in [6, 6.07) is 6.43. The van der Waals surface area contributed by atoms with Crippen LogP contribution in [0.25, 0.3) is 0 Å². The Labute approximate surface area is 110 Å².